The molecule has 1 aromatic carbocycles. The quantitative estimate of drug-likeness (QED) is 0.360. The highest BCUT2D eigenvalue weighted by Crippen LogP contribution is 2.30. The van der Waals surface area contributed by atoms with Gasteiger partial charge in [0.2, 0.25) is 0 Å². The molecule has 0 bridgehead atoms. The smallest absolute Gasteiger partial charge is 0.339 e. The third-order valence-electron chi connectivity index (χ3n) is 3.40. The summed E-state index contributed by atoms with van der Waals surface area (Å²) in [5.74, 6) is -0.492. The Morgan fingerprint density at radius 2 is 1.90 bits per heavy atom. The molecule has 0 aliphatic rings. The predicted octanol–water partition coefficient (Wildman–Crippen LogP) is 6.02. The van der Waals surface area contributed by atoms with Crippen LogP contribution in [0.3, 0.4) is 0 Å². The fourth-order valence-electron chi connectivity index (χ4n) is 1.67. The average Bonchev–Trinajstić information content (AvgIpc) is 2.38. The van der Waals surface area contributed by atoms with Crippen molar-refractivity contribution in [2.24, 2.45) is 5.41 Å². The minimum atomic E-state index is -0.492. The first-order chi connectivity index (χ1) is 9.26. The van der Waals surface area contributed by atoms with Crippen molar-refractivity contribution >= 4 is 40.8 Å². The van der Waals surface area contributed by atoms with Crippen LogP contribution < -0.4 is 0 Å². The van der Waals surface area contributed by atoms with Crippen molar-refractivity contribution in [3.05, 3.63) is 32.8 Å². The third-order valence-corrected chi connectivity index (χ3v) is 4.42. The molecule has 0 spiro atoms. The molecule has 0 saturated carbocycles. The topological polar surface area (TPSA) is 26.3 Å². The summed E-state index contributed by atoms with van der Waals surface area (Å²) in [5.41, 5.74) is 0.475. The summed E-state index contributed by atoms with van der Waals surface area (Å²) in [6.45, 7) is 6.91. The first kappa shape index (κ1) is 17.6. The Bertz CT molecular complexity index is 484. The Balaban J connectivity index is 2.56. The Hall–Kier alpha value is -0.440. The second-order valence-corrected chi connectivity index (χ2v) is 6.73. The van der Waals surface area contributed by atoms with Crippen molar-refractivity contribution in [3.63, 3.8) is 0 Å². The Morgan fingerprint density at radius 1 is 1.25 bits per heavy atom. The van der Waals surface area contributed by atoms with E-state index in [4.69, 9.17) is 39.5 Å². The summed E-state index contributed by atoms with van der Waals surface area (Å²) in [7, 11) is 0. The SMILES string of the molecule is CCC(C)(C)CCCOC(=O)c1cc(Cl)cc(Cl)c1Cl. The highest BCUT2D eigenvalue weighted by molar-refractivity contribution is 6.45. The Labute approximate surface area is 135 Å². The summed E-state index contributed by atoms with van der Waals surface area (Å²) >= 11 is 17.7. The van der Waals surface area contributed by atoms with Crippen molar-refractivity contribution in [3.8, 4) is 0 Å². The van der Waals surface area contributed by atoms with E-state index in [-0.39, 0.29) is 21.0 Å². The van der Waals surface area contributed by atoms with Gasteiger partial charge in [-0.3, -0.25) is 0 Å². The lowest BCUT2D eigenvalue weighted by atomic mass is 9.85. The Kier molecular flexibility index (Phi) is 6.63. The number of halogens is 3. The van der Waals surface area contributed by atoms with E-state index in [0.29, 0.717) is 11.6 Å². The van der Waals surface area contributed by atoms with E-state index in [0.717, 1.165) is 19.3 Å². The lowest BCUT2D eigenvalue weighted by Gasteiger charge is -2.22. The van der Waals surface area contributed by atoms with Crippen LogP contribution in [0.5, 0.6) is 0 Å². The second kappa shape index (κ2) is 7.53. The number of benzene rings is 1. The van der Waals surface area contributed by atoms with E-state index in [9.17, 15) is 4.79 Å². The summed E-state index contributed by atoms with van der Waals surface area (Å²) in [6, 6.07) is 2.96. The molecule has 0 aliphatic heterocycles. The van der Waals surface area contributed by atoms with Crippen LogP contribution in [0.4, 0.5) is 0 Å². The monoisotopic (exact) mass is 336 g/mol. The van der Waals surface area contributed by atoms with Gasteiger partial charge in [0.05, 0.1) is 22.2 Å². The zero-order chi connectivity index (χ0) is 15.3. The number of carbonyl (C=O) groups excluding carboxylic acids is 1. The van der Waals surface area contributed by atoms with Crippen molar-refractivity contribution in [1.29, 1.82) is 0 Å². The van der Waals surface area contributed by atoms with Crippen LogP contribution in [0.15, 0.2) is 12.1 Å². The lowest BCUT2D eigenvalue weighted by molar-refractivity contribution is 0.0486. The van der Waals surface area contributed by atoms with Gasteiger partial charge in [0, 0.05) is 5.02 Å². The van der Waals surface area contributed by atoms with E-state index in [1.807, 2.05) is 0 Å². The van der Waals surface area contributed by atoms with Crippen molar-refractivity contribution in [2.45, 2.75) is 40.0 Å². The second-order valence-electron chi connectivity index (χ2n) is 5.51. The van der Waals surface area contributed by atoms with Crippen molar-refractivity contribution < 1.29 is 9.53 Å². The fourth-order valence-corrected chi connectivity index (χ4v) is 2.35. The maximum atomic E-state index is 11.9. The molecule has 0 aromatic heterocycles. The molecule has 0 amide bonds. The van der Waals surface area contributed by atoms with Crippen LogP contribution in [0, 0.1) is 5.41 Å². The van der Waals surface area contributed by atoms with Gasteiger partial charge in [-0.25, -0.2) is 4.79 Å². The molecule has 0 saturated heterocycles. The van der Waals surface area contributed by atoms with Gasteiger partial charge in [0.25, 0.3) is 0 Å². The average molecular weight is 338 g/mol. The van der Waals surface area contributed by atoms with Gasteiger partial charge in [-0.1, -0.05) is 62.0 Å². The largest absolute Gasteiger partial charge is 0.462 e. The molecule has 0 N–H and O–H groups in total. The molecule has 20 heavy (non-hydrogen) atoms. The number of rotatable bonds is 6. The molecule has 0 aliphatic carbocycles. The summed E-state index contributed by atoms with van der Waals surface area (Å²) in [5, 5.41) is 0.784. The number of hydrogen-bond acceptors (Lipinski definition) is 2. The number of esters is 1. The van der Waals surface area contributed by atoms with E-state index in [2.05, 4.69) is 20.8 Å². The van der Waals surface area contributed by atoms with Gasteiger partial charge in [-0.05, 0) is 30.4 Å². The fraction of sp³-hybridized carbons (Fsp3) is 0.533. The van der Waals surface area contributed by atoms with E-state index < -0.39 is 5.97 Å². The van der Waals surface area contributed by atoms with Crippen molar-refractivity contribution in [2.75, 3.05) is 6.61 Å². The van der Waals surface area contributed by atoms with E-state index >= 15 is 0 Å². The lowest BCUT2D eigenvalue weighted by Crippen LogP contribution is -2.13. The van der Waals surface area contributed by atoms with Crippen LogP contribution in [-0.2, 0) is 4.74 Å². The van der Waals surface area contributed by atoms with Gasteiger partial charge >= 0.3 is 5.97 Å². The first-order valence-corrected chi connectivity index (χ1v) is 7.72. The van der Waals surface area contributed by atoms with Crippen LogP contribution in [0.2, 0.25) is 15.1 Å². The summed E-state index contributed by atoms with van der Waals surface area (Å²) in [4.78, 5) is 11.9. The predicted molar refractivity (Wildman–Crippen MR) is 85.1 cm³/mol. The summed E-state index contributed by atoms with van der Waals surface area (Å²) in [6.07, 6.45) is 2.91. The molecular weight excluding hydrogens is 319 g/mol. The van der Waals surface area contributed by atoms with E-state index in [1.165, 1.54) is 12.1 Å². The van der Waals surface area contributed by atoms with Crippen LogP contribution >= 0.6 is 34.8 Å². The molecule has 2 nitrogen and oxygen atoms in total. The maximum Gasteiger partial charge on any atom is 0.339 e. The highest BCUT2D eigenvalue weighted by atomic mass is 35.5. The van der Waals surface area contributed by atoms with Crippen LogP contribution in [0.25, 0.3) is 0 Å². The van der Waals surface area contributed by atoms with Crippen molar-refractivity contribution in [1.82, 2.24) is 0 Å². The standard InChI is InChI=1S/C15H19Cl3O2/c1-4-15(2,3)6-5-7-20-14(19)11-8-10(16)9-12(17)13(11)18/h8-9H,4-7H2,1-3H3. The zero-order valence-corrected chi connectivity index (χ0v) is 14.2. The molecule has 5 heteroatoms. The summed E-state index contributed by atoms with van der Waals surface area (Å²) < 4.78 is 5.22. The van der Waals surface area contributed by atoms with E-state index in [1.54, 1.807) is 0 Å². The van der Waals surface area contributed by atoms with Gasteiger partial charge < -0.3 is 4.74 Å². The third kappa shape index (κ3) is 5.16. The van der Waals surface area contributed by atoms with Gasteiger partial charge in [0.1, 0.15) is 0 Å². The first-order valence-electron chi connectivity index (χ1n) is 6.58. The molecule has 0 heterocycles. The van der Waals surface area contributed by atoms with Crippen LogP contribution in [-0.4, -0.2) is 12.6 Å². The molecule has 0 atom stereocenters. The zero-order valence-electron chi connectivity index (χ0n) is 11.9. The van der Waals surface area contributed by atoms with Gasteiger partial charge in [-0.2, -0.15) is 0 Å². The highest BCUT2D eigenvalue weighted by Gasteiger charge is 2.17. The normalized spacial score (nSPS) is 11.5. The van der Waals surface area contributed by atoms with Crippen LogP contribution in [0.1, 0.15) is 50.4 Å². The maximum absolute atomic E-state index is 11.9. The molecule has 0 fully saturated rings. The number of ether oxygens (including phenoxy) is 1. The molecule has 1 aromatic rings. The minimum Gasteiger partial charge on any atom is -0.462 e. The Morgan fingerprint density at radius 3 is 2.50 bits per heavy atom. The van der Waals surface area contributed by atoms with Gasteiger partial charge in [-0.15, -0.1) is 0 Å². The molecular formula is C15H19Cl3O2. The molecule has 112 valence electrons. The molecule has 0 radical (unpaired) electrons. The number of carbonyl (C=O) groups is 1. The van der Waals surface area contributed by atoms with Gasteiger partial charge in [0.15, 0.2) is 0 Å². The molecule has 1 rings (SSSR count). The number of hydrogen-bond donors (Lipinski definition) is 0. The molecule has 0 unspecified atom stereocenters. The minimum absolute atomic E-state index is 0.176.